The Morgan fingerprint density at radius 2 is 2.09 bits per heavy atom. The van der Waals surface area contributed by atoms with Crippen LogP contribution in [-0.2, 0) is 16.1 Å². The Bertz CT molecular complexity index is 1110. The molecule has 0 spiro atoms. The van der Waals surface area contributed by atoms with Gasteiger partial charge in [0.05, 0.1) is 17.3 Å². The Balaban J connectivity index is 1.50. The van der Waals surface area contributed by atoms with Gasteiger partial charge in [-0.2, -0.15) is 5.26 Å². The average Bonchev–Trinajstić information content (AvgIpc) is 3.16. The minimum absolute atomic E-state index is 0.0904. The smallest absolute Gasteiger partial charge is 0.321 e. The summed E-state index contributed by atoms with van der Waals surface area (Å²) in [6.45, 7) is 1.14. The van der Waals surface area contributed by atoms with Gasteiger partial charge >= 0.3 is 6.03 Å². The van der Waals surface area contributed by atoms with Crippen molar-refractivity contribution in [3.63, 3.8) is 0 Å². The summed E-state index contributed by atoms with van der Waals surface area (Å²) in [5.41, 5.74) is 1.68. The molecule has 1 unspecified atom stereocenters. The molecule has 0 aromatic heterocycles. The van der Waals surface area contributed by atoms with Crippen molar-refractivity contribution in [2.24, 2.45) is 0 Å². The largest absolute Gasteiger partial charge is 0.338 e. The van der Waals surface area contributed by atoms with Crippen LogP contribution in [0.3, 0.4) is 0 Å². The van der Waals surface area contributed by atoms with Crippen LogP contribution in [0.4, 0.5) is 20.6 Å². The van der Waals surface area contributed by atoms with E-state index in [0.29, 0.717) is 37.2 Å². The molecule has 2 heterocycles. The fourth-order valence-corrected chi connectivity index (χ4v) is 4.02. The van der Waals surface area contributed by atoms with E-state index in [2.05, 4.69) is 16.7 Å². The van der Waals surface area contributed by atoms with Gasteiger partial charge in [0.2, 0.25) is 11.8 Å². The minimum Gasteiger partial charge on any atom is -0.338 e. The number of likely N-dealkylation sites (tertiary alicyclic amines) is 1. The number of anilines is 2. The van der Waals surface area contributed by atoms with Gasteiger partial charge in [-0.1, -0.05) is 12.1 Å². The van der Waals surface area contributed by atoms with E-state index in [4.69, 9.17) is 5.26 Å². The maximum atomic E-state index is 14.4. The van der Waals surface area contributed by atoms with Crippen molar-refractivity contribution >= 4 is 29.2 Å². The number of nitrogens with one attached hydrogen (secondary N) is 2. The molecular weight excluding hydrogens is 413 g/mol. The van der Waals surface area contributed by atoms with E-state index in [9.17, 15) is 18.8 Å². The minimum atomic E-state index is -0.681. The fraction of sp³-hybridized carbons (Fsp3) is 0.304. The zero-order valence-corrected chi connectivity index (χ0v) is 17.3. The number of carbonyl (C=O) groups excluding carboxylic acids is 3. The number of nitrogens with zero attached hydrogens (tertiary/aromatic N) is 3. The number of nitriles is 1. The summed E-state index contributed by atoms with van der Waals surface area (Å²) in [4.78, 5) is 40.3. The predicted molar refractivity (Wildman–Crippen MR) is 115 cm³/mol. The van der Waals surface area contributed by atoms with Crippen molar-refractivity contribution in [3.05, 3.63) is 59.4 Å². The molecule has 0 bridgehead atoms. The highest BCUT2D eigenvalue weighted by atomic mass is 19.1. The van der Waals surface area contributed by atoms with Crippen molar-refractivity contribution in [1.29, 1.82) is 5.26 Å². The van der Waals surface area contributed by atoms with Crippen LogP contribution in [0.1, 0.15) is 30.4 Å². The Morgan fingerprint density at radius 1 is 1.25 bits per heavy atom. The third-order valence-corrected chi connectivity index (χ3v) is 5.62. The summed E-state index contributed by atoms with van der Waals surface area (Å²) in [5, 5.41) is 14.5. The number of rotatable bonds is 5. The fourth-order valence-electron chi connectivity index (χ4n) is 4.02. The van der Waals surface area contributed by atoms with Crippen LogP contribution in [0, 0.1) is 17.1 Å². The lowest BCUT2D eigenvalue weighted by atomic mass is 10.1. The Morgan fingerprint density at radius 3 is 2.88 bits per heavy atom. The van der Waals surface area contributed by atoms with Gasteiger partial charge in [0, 0.05) is 31.7 Å². The number of carbonyl (C=O) groups is 3. The molecule has 8 nitrogen and oxygen atoms in total. The highest BCUT2D eigenvalue weighted by Crippen LogP contribution is 2.27. The molecule has 2 aliphatic rings. The molecular formula is C23H22FN5O3. The number of hydrogen-bond donors (Lipinski definition) is 2. The summed E-state index contributed by atoms with van der Waals surface area (Å²) in [6, 6.07) is 12.0. The molecule has 2 saturated heterocycles. The van der Waals surface area contributed by atoms with E-state index in [1.807, 2.05) is 0 Å². The predicted octanol–water partition coefficient (Wildman–Crippen LogP) is 2.75. The second-order valence-electron chi connectivity index (χ2n) is 7.78. The molecule has 32 heavy (non-hydrogen) atoms. The summed E-state index contributed by atoms with van der Waals surface area (Å²) < 4.78 is 14.4. The van der Waals surface area contributed by atoms with Crippen LogP contribution in [0.15, 0.2) is 42.5 Å². The molecule has 2 fully saturated rings. The Hall–Kier alpha value is -3.93. The number of urea groups is 1. The third kappa shape index (κ3) is 4.39. The topological polar surface area (TPSA) is 106 Å². The molecule has 4 amide bonds. The maximum absolute atomic E-state index is 14.4. The first-order valence-corrected chi connectivity index (χ1v) is 10.4. The molecule has 164 valence electrons. The monoisotopic (exact) mass is 435 g/mol. The number of halogens is 1. The van der Waals surface area contributed by atoms with E-state index in [-0.39, 0.29) is 36.5 Å². The first kappa shape index (κ1) is 21.3. The third-order valence-electron chi connectivity index (χ3n) is 5.62. The first-order chi connectivity index (χ1) is 15.5. The Labute approximate surface area is 184 Å². The van der Waals surface area contributed by atoms with E-state index in [1.54, 1.807) is 24.3 Å². The molecule has 0 radical (unpaired) electrons. The van der Waals surface area contributed by atoms with E-state index in [0.717, 1.165) is 5.56 Å². The van der Waals surface area contributed by atoms with Gasteiger partial charge in [-0.3, -0.25) is 14.5 Å². The quantitative estimate of drug-likeness (QED) is 0.753. The molecule has 2 N–H and O–H groups in total. The van der Waals surface area contributed by atoms with Crippen LogP contribution in [-0.4, -0.2) is 41.9 Å². The Kier molecular flexibility index (Phi) is 6.03. The van der Waals surface area contributed by atoms with Crippen molar-refractivity contribution in [2.45, 2.75) is 31.8 Å². The molecule has 2 aromatic rings. The average molecular weight is 435 g/mol. The van der Waals surface area contributed by atoms with Gasteiger partial charge < -0.3 is 15.5 Å². The van der Waals surface area contributed by atoms with E-state index >= 15 is 0 Å². The van der Waals surface area contributed by atoms with Crippen LogP contribution in [0.25, 0.3) is 0 Å². The lowest BCUT2D eigenvalue weighted by Crippen LogP contribution is -2.47. The lowest BCUT2D eigenvalue weighted by molar-refractivity contribution is -0.133. The van der Waals surface area contributed by atoms with E-state index in [1.165, 1.54) is 28.0 Å². The molecule has 2 aromatic carbocycles. The lowest BCUT2D eigenvalue weighted by Gasteiger charge is -2.28. The highest BCUT2D eigenvalue weighted by molar-refractivity contribution is 6.00. The van der Waals surface area contributed by atoms with Gasteiger partial charge in [-0.15, -0.1) is 0 Å². The SMILES string of the molecule is N#Cc1cccc(CN2C(=O)CCC2C(=O)Nc2ccc(F)c(N3CCCNC3=O)c2)c1. The molecule has 2 aliphatic heterocycles. The van der Waals surface area contributed by atoms with Gasteiger partial charge in [0.25, 0.3) is 0 Å². The maximum Gasteiger partial charge on any atom is 0.321 e. The van der Waals surface area contributed by atoms with E-state index < -0.39 is 11.9 Å². The van der Waals surface area contributed by atoms with Crippen LogP contribution in [0.2, 0.25) is 0 Å². The number of benzene rings is 2. The number of hydrogen-bond acceptors (Lipinski definition) is 4. The second-order valence-corrected chi connectivity index (χ2v) is 7.78. The van der Waals surface area contributed by atoms with Crippen molar-refractivity contribution in [2.75, 3.05) is 23.3 Å². The van der Waals surface area contributed by atoms with Crippen LogP contribution in [0.5, 0.6) is 0 Å². The second kappa shape index (κ2) is 9.06. The summed E-state index contributed by atoms with van der Waals surface area (Å²) in [5.74, 6) is -1.08. The summed E-state index contributed by atoms with van der Waals surface area (Å²) in [7, 11) is 0. The summed E-state index contributed by atoms with van der Waals surface area (Å²) in [6.07, 6.45) is 1.30. The molecule has 4 rings (SSSR count). The van der Waals surface area contributed by atoms with Crippen molar-refractivity contribution in [1.82, 2.24) is 10.2 Å². The van der Waals surface area contributed by atoms with Crippen molar-refractivity contribution < 1.29 is 18.8 Å². The van der Waals surface area contributed by atoms with Gasteiger partial charge in [0.1, 0.15) is 11.9 Å². The normalized spacial score (nSPS) is 18.3. The van der Waals surface area contributed by atoms with Gasteiger partial charge in [0.15, 0.2) is 0 Å². The zero-order valence-electron chi connectivity index (χ0n) is 17.3. The standard InChI is InChI=1S/C23H22FN5O3/c24-18-6-5-17(12-20(18)28-10-2-9-26-23(28)32)27-22(31)19-7-8-21(30)29(19)14-16-4-1-3-15(11-16)13-25/h1,3-6,11-12,19H,2,7-10,14H2,(H,26,32)(H,27,31). The van der Waals surface area contributed by atoms with Crippen LogP contribution < -0.4 is 15.5 Å². The molecule has 0 aliphatic carbocycles. The molecule has 0 saturated carbocycles. The zero-order chi connectivity index (χ0) is 22.7. The molecule has 1 atom stereocenters. The highest BCUT2D eigenvalue weighted by Gasteiger charge is 2.36. The van der Waals surface area contributed by atoms with Gasteiger partial charge in [-0.25, -0.2) is 9.18 Å². The van der Waals surface area contributed by atoms with Crippen LogP contribution >= 0.6 is 0 Å². The number of amides is 4. The van der Waals surface area contributed by atoms with Crippen molar-refractivity contribution in [3.8, 4) is 6.07 Å². The molecule has 9 heteroatoms. The first-order valence-electron chi connectivity index (χ1n) is 10.4. The van der Waals surface area contributed by atoms with Gasteiger partial charge in [-0.05, 0) is 48.7 Å². The summed E-state index contributed by atoms with van der Waals surface area (Å²) >= 11 is 0.